The van der Waals surface area contributed by atoms with Crippen molar-refractivity contribution in [1.82, 2.24) is 4.98 Å². The minimum atomic E-state index is -0.296. The van der Waals surface area contributed by atoms with E-state index in [1.807, 2.05) is 62.3 Å². The molecule has 6 nitrogen and oxygen atoms in total. The summed E-state index contributed by atoms with van der Waals surface area (Å²) in [6.07, 6.45) is 1.53. The maximum Gasteiger partial charge on any atom is 0.257 e. The van der Waals surface area contributed by atoms with Crippen LogP contribution in [0.25, 0.3) is 0 Å². The second kappa shape index (κ2) is 8.28. The Labute approximate surface area is 180 Å². The van der Waals surface area contributed by atoms with Gasteiger partial charge in [-0.15, -0.1) is 11.3 Å². The monoisotopic (exact) mass is 420 g/mol. The number of fused-ring (bicyclic) bond motifs is 1. The minimum Gasteiger partial charge on any atom is -0.378 e. The van der Waals surface area contributed by atoms with Gasteiger partial charge in [-0.05, 0) is 56.2 Å². The molecule has 2 N–H and O–H groups in total. The molecule has 4 rings (SSSR count). The van der Waals surface area contributed by atoms with Crippen molar-refractivity contribution in [1.29, 1.82) is 0 Å². The van der Waals surface area contributed by atoms with Crippen molar-refractivity contribution in [2.24, 2.45) is 0 Å². The molecule has 3 aromatic rings. The zero-order valence-electron chi connectivity index (χ0n) is 17.2. The molecule has 2 aromatic carbocycles. The molecule has 1 unspecified atom stereocenters. The number of aryl methyl sites for hydroxylation is 2. The highest BCUT2D eigenvalue weighted by atomic mass is 32.1. The Hall–Kier alpha value is -3.19. The molecular weight excluding hydrogens is 396 g/mol. The minimum absolute atomic E-state index is 0.0620. The number of nitrogens with zero attached hydrogens (tertiary/aromatic N) is 2. The van der Waals surface area contributed by atoms with Crippen LogP contribution in [0.15, 0.2) is 48.5 Å². The molecule has 0 saturated heterocycles. The van der Waals surface area contributed by atoms with Gasteiger partial charge in [-0.1, -0.05) is 17.7 Å². The molecule has 30 heavy (non-hydrogen) atoms. The van der Waals surface area contributed by atoms with Crippen LogP contribution in [0.2, 0.25) is 0 Å². The highest BCUT2D eigenvalue weighted by Gasteiger charge is 2.33. The lowest BCUT2D eigenvalue weighted by atomic mass is 10.1. The number of aromatic nitrogens is 1. The van der Waals surface area contributed by atoms with Gasteiger partial charge in [0.2, 0.25) is 5.91 Å². The van der Waals surface area contributed by atoms with E-state index in [0.29, 0.717) is 10.7 Å². The summed E-state index contributed by atoms with van der Waals surface area (Å²) in [5.74, 6) is -0.549. The van der Waals surface area contributed by atoms with Gasteiger partial charge in [0, 0.05) is 35.9 Å². The van der Waals surface area contributed by atoms with E-state index in [4.69, 9.17) is 0 Å². The van der Waals surface area contributed by atoms with Crippen molar-refractivity contribution < 1.29 is 9.59 Å². The molecule has 154 valence electrons. The summed E-state index contributed by atoms with van der Waals surface area (Å²) in [5, 5.41) is 6.40. The van der Waals surface area contributed by atoms with Gasteiger partial charge < -0.3 is 10.2 Å². The van der Waals surface area contributed by atoms with Crippen molar-refractivity contribution in [3.8, 4) is 0 Å². The van der Waals surface area contributed by atoms with Gasteiger partial charge in [0.15, 0.2) is 5.13 Å². The van der Waals surface area contributed by atoms with E-state index in [1.165, 1.54) is 11.3 Å². The van der Waals surface area contributed by atoms with Crippen LogP contribution in [0.3, 0.4) is 0 Å². The fourth-order valence-corrected chi connectivity index (χ4v) is 4.52. The van der Waals surface area contributed by atoms with Crippen molar-refractivity contribution >= 4 is 39.7 Å². The maximum absolute atomic E-state index is 12.8. The predicted molar refractivity (Wildman–Crippen MR) is 122 cm³/mol. The van der Waals surface area contributed by atoms with Gasteiger partial charge in [0.1, 0.15) is 0 Å². The smallest absolute Gasteiger partial charge is 0.257 e. The van der Waals surface area contributed by atoms with Crippen LogP contribution in [0.5, 0.6) is 0 Å². The van der Waals surface area contributed by atoms with Crippen LogP contribution in [-0.2, 0) is 11.2 Å². The molecule has 2 amide bonds. The number of hydrogen-bond acceptors (Lipinski definition) is 5. The van der Waals surface area contributed by atoms with Crippen LogP contribution in [-0.4, -0.2) is 30.9 Å². The third-order valence-corrected chi connectivity index (χ3v) is 6.27. The largest absolute Gasteiger partial charge is 0.378 e. The van der Waals surface area contributed by atoms with Crippen molar-refractivity contribution in [2.75, 3.05) is 29.6 Å². The number of carbonyl (C=O) groups is 2. The highest BCUT2D eigenvalue weighted by molar-refractivity contribution is 7.16. The fraction of sp³-hybridized carbons (Fsp3) is 0.261. The summed E-state index contributed by atoms with van der Waals surface area (Å²) < 4.78 is 0. The number of anilines is 3. The van der Waals surface area contributed by atoms with E-state index in [9.17, 15) is 9.59 Å². The fourth-order valence-electron chi connectivity index (χ4n) is 3.48. The number of carbonyl (C=O) groups excluding carboxylic acids is 2. The first-order valence-corrected chi connectivity index (χ1v) is 10.7. The van der Waals surface area contributed by atoms with Gasteiger partial charge in [-0.2, -0.15) is 0 Å². The van der Waals surface area contributed by atoms with Crippen molar-refractivity contribution in [3.05, 3.63) is 70.2 Å². The van der Waals surface area contributed by atoms with Crippen LogP contribution in [0.1, 0.15) is 38.8 Å². The Morgan fingerprint density at radius 2 is 1.73 bits per heavy atom. The Kier molecular flexibility index (Phi) is 5.55. The van der Waals surface area contributed by atoms with E-state index < -0.39 is 0 Å². The molecule has 0 spiro atoms. The number of hydrogen-bond donors (Lipinski definition) is 2. The molecule has 1 aliphatic carbocycles. The average molecular weight is 421 g/mol. The topological polar surface area (TPSA) is 74.3 Å². The van der Waals surface area contributed by atoms with Crippen LogP contribution in [0, 0.1) is 6.92 Å². The van der Waals surface area contributed by atoms with E-state index in [2.05, 4.69) is 15.6 Å². The third-order valence-electron chi connectivity index (χ3n) is 5.22. The molecule has 0 aliphatic heterocycles. The molecule has 1 aliphatic rings. The molecule has 0 fully saturated rings. The third kappa shape index (κ3) is 4.21. The standard InChI is InChI=1S/C23H24N4O2S/c1-14-4-6-15(7-5-14)21(28)26-23-25-20-18(12-13-19(20)30-23)22(29)24-16-8-10-17(11-9-16)27(2)3/h4-11,18H,12-13H2,1-3H3,(H,24,29)(H,25,26,28). The lowest BCUT2D eigenvalue weighted by molar-refractivity contribution is -0.117. The first-order valence-electron chi connectivity index (χ1n) is 9.86. The second-order valence-corrected chi connectivity index (χ2v) is 8.75. The molecule has 0 radical (unpaired) electrons. The predicted octanol–water partition coefficient (Wildman–Crippen LogP) is 4.44. The van der Waals surface area contributed by atoms with E-state index >= 15 is 0 Å². The summed E-state index contributed by atoms with van der Waals surface area (Å²) in [6.45, 7) is 1.98. The molecule has 0 bridgehead atoms. The average Bonchev–Trinajstić information content (AvgIpc) is 3.29. The van der Waals surface area contributed by atoms with Crippen LogP contribution < -0.4 is 15.5 Å². The van der Waals surface area contributed by atoms with Gasteiger partial charge >= 0.3 is 0 Å². The number of amides is 2. The summed E-state index contributed by atoms with van der Waals surface area (Å²) in [5.41, 5.74) is 4.31. The molecule has 0 saturated carbocycles. The molecule has 1 atom stereocenters. The summed E-state index contributed by atoms with van der Waals surface area (Å²) in [4.78, 5) is 32.9. The van der Waals surface area contributed by atoms with E-state index in [1.54, 1.807) is 12.1 Å². The maximum atomic E-state index is 12.8. The number of thiazole rings is 1. The Morgan fingerprint density at radius 3 is 2.40 bits per heavy atom. The van der Waals surface area contributed by atoms with E-state index in [-0.39, 0.29) is 17.7 Å². The van der Waals surface area contributed by atoms with Crippen LogP contribution in [0.4, 0.5) is 16.5 Å². The first kappa shape index (κ1) is 20.1. The normalized spacial score (nSPS) is 14.8. The van der Waals surface area contributed by atoms with Crippen molar-refractivity contribution in [2.45, 2.75) is 25.7 Å². The Morgan fingerprint density at radius 1 is 1.03 bits per heavy atom. The molecule has 7 heteroatoms. The summed E-state index contributed by atoms with van der Waals surface area (Å²) in [7, 11) is 3.95. The second-order valence-electron chi connectivity index (χ2n) is 7.67. The highest BCUT2D eigenvalue weighted by Crippen LogP contribution is 2.39. The van der Waals surface area contributed by atoms with Gasteiger partial charge in [0.25, 0.3) is 5.91 Å². The number of nitrogens with one attached hydrogen (secondary N) is 2. The lowest BCUT2D eigenvalue weighted by Crippen LogP contribution is -2.20. The van der Waals surface area contributed by atoms with Crippen molar-refractivity contribution in [3.63, 3.8) is 0 Å². The molecule has 1 heterocycles. The van der Waals surface area contributed by atoms with Gasteiger partial charge in [-0.3, -0.25) is 14.9 Å². The number of rotatable bonds is 5. The lowest BCUT2D eigenvalue weighted by Gasteiger charge is -2.14. The zero-order valence-corrected chi connectivity index (χ0v) is 18.0. The summed E-state index contributed by atoms with van der Waals surface area (Å²) >= 11 is 1.45. The quantitative estimate of drug-likeness (QED) is 0.640. The molecular formula is C23H24N4O2S. The Bertz CT molecular complexity index is 1070. The SMILES string of the molecule is Cc1ccc(C(=O)Nc2nc3c(s2)CCC3C(=O)Nc2ccc(N(C)C)cc2)cc1. The number of benzene rings is 2. The first-order chi connectivity index (χ1) is 14.4. The van der Waals surface area contributed by atoms with E-state index in [0.717, 1.165) is 40.4 Å². The molecule has 1 aromatic heterocycles. The summed E-state index contributed by atoms with van der Waals surface area (Å²) in [6, 6.07) is 15.1. The van der Waals surface area contributed by atoms with Gasteiger partial charge in [-0.25, -0.2) is 4.98 Å². The van der Waals surface area contributed by atoms with Crippen LogP contribution >= 0.6 is 11.3 Å². The zero-order chi connectivity index (χ0) is 21.3. The van der Waals surface area contributed by atoms with Gasteiger partial charge in [0.05, 0.1) is 11.6 Å². The Balaban J connectivity index is 1.43.